The molecule has 6 nitrogen and oxygen atoms in total. The topological polar surface area (TPSA) is 71.3 Å². The third-order valence-corrected chi connectivity index (χ3v) is 6.10. The molecule has 2 heterocycles. The molecular formula is C26H25FN4O2. The van der Waals surface area contributed by atoms with Gasteiger partial charge < -0.3 is 14.7 Å². The number of anilines is 1. The van der Waals surface area contributed by atoms with Crippen molar-refractivity contribution in [2.45, 2.75) is 25.2 Å². The number of halogens is 1. The van der Waals surface area contributed by atoms with Crippen molar-refractivity contribution in [2.24, 2.45) is 0 Å². The maximum Gasteiger partial charge on any atom is 0.231 e. The largest absolute Gasteiger partial charge is 0.339 e. The lowest BCUT2D eigenvalue weighted by Gasteiger charge is -2.30. The molecule has 0 spiro atoms. The number of amides is 1. The van der Waals surface area contributed by atoms with Gasteiger partial charge in [-0.1, -0.05) is 53.7 Å². The second kappa shape index (κ2) is 9.50. The predicted octanol–water partition coefficient (Wildman–Crippen LogP) is 5.24. The number of aromatic nitrogens is 2. The van der Waals surface area contributed by atoms with Gasteiger partial charge in [0.25, 0.3) is 0 Å². The predicted molar refractivity (Wildman–Crippen MR) is 125 cm³/mol. The molecule has 33 heavy (non-hydrogen) atoms. The first kappa shape index (κ1) is 21.3. The summed E-state index contributed by atoms with van der Waals surface area (Å²) in [6.07, 6.45) is 2.35. The first-order valence-corrected chi connectivity index (χ1v) is 11.3. The molecule has 7 heteroatoms. The summed E-state index contributed by atoms with van der Waals surface area (Å²) in [5.74, 6) is 0.745. The second-order valence-corrected chi connectivity index (χ2v) is 8.43. The van der Waals surface area contributed by atoms with Gasteiger partial charge in [0.2, 0.25) is 17.6 Å². The average Bonchev–Trinajstić information content (AvgIpc) is 3.34. The Kier molecular flexibility index (Phi) is 6.13. The molecule has 168 valence electrons. The highest BCUT2D eigenvalue weighted by Gasteiger charge is 2.26. The highest BCUT2D eigenvalue weighted by molar-refractivity contribution is 6.02. The zero-order chi connectivity index (χ0) is 22.6. The Labute approximate surface area is 191 Å². The molecule has 0 saturated carbocycles. The molecule has 5 rings (SSSR count). The Morgan fingerprint density at radius 1 is 1.12 bits per heavy atom. The van der Waals surface area contributed by atoms with E-state index in [-0.39, 0.29) is 17.6 Å². The molecule has 1 saturated heterocycles. The molecule has 1 fully saturated rings. The number of benzene rings is 3. The molecule has 1 aromatic heterocycles. The standard InChI is InChI=1S/C26H25FN4O2/c27-21-10-3-8-19(16-21)25-29-26(33-30-25)20-9-5-14-31(17-20)15-13-24(32)28-23-12-4-7-18-6-1-2-11-22(18)23/h1-4,6-8,10-12,16,20H,5,9,13-15,17H2,(H,28,32). The van der Waals surface area contributed by atoms with E-state index < -0.39 is 0 Å². The smallest absolute Gasteiger partial charge is 0.231 e. The van der Waals surface area contributed by atoms with Gasteiger partial charge in [-0.3, -0.25) is 4.79 Å². The van der Waals surface area contributed by atoms with Crippen molar-refractivity contribution >= 4 is 22.4 Å². The van der Waals surface area contributed by atoms with Crippen LogP contribution in [-0.2, 0) is 4.79 Å². The molecule has 0 aliphatic carbocycles. The van der Waals surface area contributed by atoms with Crippen molar-refractivity contribution in [3.8, 4) is 11.4 Å². The Bertz CT molecular complexity index is 1270. The number of nitrogens with zero attached hydrogens (tertiary/aromatic N) is 3. The highest BCUT2D eigenvalue weighted by Crippen LogP contribution is 2.28. The number of nitrogens with one attached hydrogen (secondary N) is 1. The van der Waals surface area contributed by atoms with Gasteiger partial charge in [0.05, 0.1) is 5.92 Å². The van der Waals surface area contributed by atoms with Gasteiger partial charge in [-0.2, -0.15) is 4.98 Å². The van der Waals surface area contributed by atoms with Crippen LogP contribution in [0.4, 0.5) is 10.1 Å². The van der Waals surface area contributed by atoms with Crippen LogP contribution in [0.3, 0.4) is 0 Å². The summed E-state index contributed by atoms with van der Waals surface area (Å²) in [6, 6.07) is 20.1. The van der Waals surface area contributed by atoms with Crippen molar-refractivity contribution in [2.75, 3.05) is 25.0 Å². The molecular weight excluding hydrogens is 419 g/mol. The minimum absolute atomic E-state index is 0.000317. The zero-order valence-corrected chi connectivity index (χ0v) is 18.2. The van der Waals surface area contributed by atoms with Gasteiger partial charge in [0.15, 0.2) is 0 Å². The van der Waals surface area contributed by atoms with Crippen molar-refractivity contribution in [3.63, 3.8) is 0 Å². The summed E-state index contributed by atoms with van der Waals surface area (Å²) in [6.45, 7) is 2.35. The van der Waals surface area contributed by atoms with E-state index in [9.17, 15) is 9.18 Å². The van der Waals surface area contributed by atoms with Gasteiger partial charge >= 0.3 is 0 Å². The summed E-state index contributed by atoms with van der Waals surface area (Å²) < 4.78 is 19.0. The lowest BCUT2D eigenvalue weighted by Crippen LogP contribution is -2.36. The number of fused-ring (bicyclic) bond motifs is 1. The fourth-order valence-electron chi connectivity index (χ4n) is 4.41. The number of carbonyl (C=O) groups excluding carboxylic acids is 1. The number of hydrogen-bond donors (Lipinski definition) is 1. The van der Waals surface area contributed by atoms with Crippen LogP contribution >= 0.6 is 0 Å². The van der Waals surface area contributed by atoms with Crippen LogP contribution in [0.15, 0.2) is 71.3 Å². The van der Waals surface area contributed by atoms with E-state index in [2.05, 4.69) is 20.4 Å². The Morgan fingerprint density at radius 3 is 2.88 bits per heavy atom. The first-order valence-electron chi connectivity index (χ1n) is 11.3. The lowest BCUT2D eigenvalue weighted by atomic mass is 9.98. The summed E-state index contributed by atoms with van der Waals surface area (Å²) >= 11 is 0. The zero-order valence-electron chi connectivity index (χ0n) is 18.2. The minimum atomic E-state index is -0.329. The molecule has 1 aliphatic heterocycles. The molecule has 4 aromatic rings. The first-order chi connectivity index (χ1) is 16.2. The average molecular weight is 445 g/mol. The molecule has 0 bridgehead atoms. The summed E-state index contributed by atoms with van der Waals surface area (Å²) in [5.41, 5.74) is 1.44. The Balaban J connectivity index is 1.18. The van der Waals surface area contributed by atoms with Gasteiger partial charge in [0.1, 0.15) is 5.82 Å². The SMILES string of the molecule is O=C(CCN1CCCC(c2nc(-c3cccc(F)c3)no2)C1)Nc1cccc2ccccc12. The quantitative estimate of drug-likeness (QED) is 0.441. The molecule has 1 aliphatic rings. The summed E-state index contributed by atoms with van der Waals surface area (Å²) in [7, 11) is 0. The molecule has 1 N–H and O–H groups in total. The van der Waals surface area contributed by atoms with Crippen molar-refractivity contribution in [1.29, 1.82) is 0 Å². The summed E-state index contributed by atoms with van der Waals surface area (Å²) in [4.78, 5) is 19.4. The summed E-state index contributed by atoms with van der Waals surface area (Å²) in [5, 5.41) is 9.24. The maximum atomic E-state index is 13.5. The van der Waals surface area contributed by atoms with Crippen LogP contribution in [-0.4, -0.2) is 40.6 Å². The number of carbonyl (C=O) groups is 1. The number of rotatable bonds is 6. The normalized spacial score (nSPS) is 16.7. The van der Waals surface area contributed by atoms with Gasteiger partial charge in [-0.15, -0.1) is 0 Å². The van der Waals surface area contributed by atoms with Crippen LogP contribution < -0.4 is 5.32 Å². The molecule has 1 atom stereocenters. The Morgan fingerprint density at radius 2 is 1.97 bits per heavy atom. The highest BCUT2D eigenvalue weighted by atomic mass is 19.1. The van der Waals surface area contributed by atoms with Crippen molar-refractivity contribution < 1.29 is 13.7 Å². The van der Waals surface area contributed by atoms with Crippen molar-refractivity contribution in [3.05, 3.63) is 78.4 Å². The van der Waals surface area contributed by atoms with Crippen LogP contribution in [0.25, 0.3) is 22.2 Å². The molecule has 1 unspecified atom stereocenters. The van der Waals surface area contributed by atoms with E-state index in [1.165, 1.54) is 12.1 Å². The van der Waals surface area contributed by atoms with Gasteiger partial charge in [0, 0.05) is 36.1 Å². The van der Waals surface area contributed by atoms with Crippen LogP contribution in [0.5, 0.6) is 0 Å². The van der Waals surface area contributed by atoms with E-state index in [0.717, 1.165) is 42.4 Å². The van der Waals surface area contributed by atoms with Gasteiger partial charge in [-0.05, 0) is 43.0 Å². The Hall–Kier alpha value is -3.58. The second-order valence-electron chi connectivity index (χ2n) is 8.43. The van der Waals surface area contributed by atoms with E-state index >= 15 is 0 Å². The molecule has 0 radical (unpaired) electrons. The van der Waals surface area contributed by atoms with E-state index in [0.29, 0.717) is 30.2 Å². The number of likely N-dealkylation sites (tertiary alicyclic amines) is 1. The number of piperidine rings is 1. The van der Waals surface area contributed by atoms with Crippen LogP contribution in [0.2, 0.25) is 0 Å². The maximum absolute atomic E-state index is 13.5. The fraction of sp³-hybridized carbons (Fsp3) is 0.269. The van der Waals surface area contributed by atoms with E-state index in [1.54, 1.807) is 12.1 Å². The number of hydrogen-bond acceptors (Lipinski definition) is 5. The molecule has 1 amide bonds. The van der Waals surface area contributed by atoms with Crippen molar-refractivity contribution in [1.82, 2.24) is 15.0 Å². The van der Waals surface area contributed by atoms with E-state index in [1.807, 2.05) is 42.5 Å². The lowest BCUT2D eigenvalue weighted by molar-refractivity contribution is -0.116. The third-order valence-electron chi connectivity index (χ3n) is 6.10. The fourth-order valence-corrected chi connectivity index (χ4v) is 4.41. The monoisotopic (exact) mass is 444 g/mol. The molecule has 3 aromatic carbocycles. The van der Waals surface area contributed by atoms with E-state index in [4.69, 9.17) is 4.52 Å². The third kappa shape index (κ3) is 4.93. The van der Waals surface area contributed by atoms with Gasteiger partial charge in [-0.25, -0.2) is 4.39 Å². The van der Waals surface area contributed by atoms with Crippen LogP contribution in [0.1, 0.15) is 31.1 Å². The minimum Gasteiger partial charge on any atom is -0.339 e. The van der Waals surface area contributed by atoms with Crippen LogP contribution in [0, 0.1) is 5.82 Å².